The molecule has 0 saturated heterocycles. The average Bonchev–Trinajstić information content (AvgIpc) is 2.82. The van der Waals surface area contributed by atoms with Crippen LogP contribution in [0.3, 0.4) is 0 Å². The maximum atomic E-state index is 11.4. The summed E-state index contributed by atoms with van der Waals surface area (Å²) in [6, 6.07) is 24.1. The van der Waals surface area contributed by atoms with E-state index in [2.05, 4.69) is 11.4 Å². The minimum atomic E-state index is -0.332. The lowest BCUT2D eigenvalue weighted by molar-refractivity contribution is 0.0600. The van der Waals surface area contributed by atoms with Gasteiger partial charge in [0.05, 0.1) is 37.5 Å². The maximum Gasteiger partial charge on any atom is 0.337 e. The summed E-state index contributed by atoms with van der Waals surface area (Å²) >= 11 is 0. The van der Waals surface area contributed by atoms with Gasteiger partial charge in [-0.05, 0) is 59.7 Å². The number of nitriles is 1. The first kappa shape index (κ1) is 22.0. The van der Waals surface area contributed by atoms with Crippen LogP contribution in [-0.2, 0) is 22.6 Å². The summed E-state index contributed by atoms with van der Waals surface area (Å²) in [4.78, 5) is 11.4. The van der Waals surface area contributed by atoms with Crippen molar-refractivity contribution in [1.82, 2.24) is 5.32 Å². The molecule has 158 valence electrons. The smallest absolute Gasteiger partial charge is 0.337 e. The number of methoxy groups -OCH3 is 1. The number of hydrogen-bond acceptors (Lipinski definition) is 6. The number of benzene rings is 3. The second-order valence-corrected chi connectivity index (χ2v) is 6.80. The predicted octanol–water partition coefficient (Wildman–Crippen LogP) is 4.44. The SMILES string of the molecule is COC(=O)c1ccc(CNCCOCc2ccc(Oc3ccc(C#N)cc3)cc2)cc1. The van der Waals surface area contributed by atoms with Crippen LogP contribution in [-0.4, -0.2) is 26.2 Å². The van der Waals surface area contributed by atoms with Crippen molar-refractivity contribution in [2.45, 2.75) is 13.2 Å². The molecule has 0 aliphatic carbocycles. The molecule has 3 rings (SSSR count). The first-order chi connectivity index (χ1) is 15.2. The Bertz CT molecular complexity index is 1010. The fraction of sp³-hybridized carbons (Fsp3) is 0.200. The van der Waals surface area contributed by atoms with Crippen LogP contribution in [0.15, 0.2) is 72.8 Å². The topological polar surface area (TPSA) is 80.6 Å². The molecule has 31 heavy (non-hydrogen) atoms. The van der Waals surface area contributed by atoms with Crippen LogP contribution in [0.2, 0.25) is 0 Å². The van der Waals surface area contributed by atoms with Gasteiger partial charge in [-0.2, -0.15) is 5.26 Å². The molecule has 6 nitrogen and oxygen atoms in total. The summed E-state index contributed by atoms with van der Waals surface area (Å²) in [7, 11) is 1.37. The maximum absolute atomic E-state index is 11.4. The van der Waals surface area contributed by atoms with Crippen molar-refractivity contribution in [2.24, 2.45) is 0 Å². The molecule has 0 bridgehead atoms. The first-order valence-corrected chi connectivity index (χ1v) is 9.90. The summed E-state index contributed by atoms with van der Waals surface area (Å²) in [5.41, 5.74) is 3.30. The second-order valence-electron chi connectivity index (χ2n) is 6.80. The van der Waals surface area contributed by atoms with Gasteiger partial charge in [-0.3, -0.25) is 0 Å². The van der Waals surface area contributed by atoms with Crippen LogP contribution >= 0.6 is 0 Å². The third-order valence-corrected chi connectivity index (χ3v) is 4.54. The second kappa shape index (κ2) is 11.5. The van der Waals surface area contributed by atoms with Gasteiger partial charge in [0.1, 0.15) is 11.5 Å². The minimum absolute atomic E-state index is 0.332. The predicted molar refractivity (Wildman–Crippen MR) is 117 cm³/mol. The van der Waals surface area contributed by atoms with Crippen molar-refractivity contribution in [3.05, 3.63) is 95.1 Å². The number of carbonyl (C=O) groups is 1. The van der Waals surface area contributed by atoms with Gasteiger partial charge in [0.2, 0.25) is 0 Å². The average molecular weight is 416 g/mol. The van der Waals surface area contributed by atoms with Gasteiger partial charge < -0.3 is 19.5 Å². The number of nitrogens with one attached hydrogen (secondary N) is 1. The van der Waals surface area contributed by atoms with Crippen molar-refractivity contribution in [3.63, 3.8) is 0 Å². The Morgan fingerprint density at radius 3 is 2.13 bits per heavy atom. The first-order valence-electron chi connectivity index (χ1n) is 9.90. The van der Waals surface area contributed by atoms with E-state index in [1.165, 1.54) is 7.11 Å². The van der Waals surface area contributed by atoms with Crippen LogP contribution in [0.4, 0.5) is 0 Å². The largest absolute Gasteiger partial charge is 0.465 e. The van der Waals surface area contributed by atoms with Crippen molar-refractivity contribution < 1.29 is 19.0 Å². The number of esters is 1. The Morgan fingerprint density at radius 1 is 0.903 bits per heavy atom. The molecule has 3 aromatic carbocycles. The van der Waals surface area contributed by atoms with E-state index in [1.54, 1.807) is 36.4 Å². The lowest BCUT2D eigenvalue weighted by Gasteiger charge is -2.09. The third kappa shape index (κ3) is 6.96. The summed E-state index contributed by atoms with van der Waals surface area (Å²) in [6.45, 7) is 2.53. The molecule has 1 N–H and O–H groups in total. The van der Waals surface area contributed by atoms with Gasteiger partial charge in [0.25, 0.3) is 0 Å². The molecule has 0 aliphatic heterocycles. The Labute approximate surface area is 182 Å². The standard InChI is InChI=1S/C25H24N2O4/c1-29-25(28)22-8-2-20(3-9-22)17-27-14-15-30-18-21-6-12-24(13-7-21)31-23-10-4-19(16-26)5-11-23/h2-13,27H,14-15,17-18H2,1H3. The van der Waals surface area contributed by atoms with Crippen molar-refractivity contribution in [1.29, 1.82) is 5.26 Å². The molecule has 0 aromatic heterocycles. The Balaban J connectivity index is 1.33. The highest BCUT2D eigenvalue weighted by molar-refractivity contribution is 5.89. The molecule has 0 fully saturated rings. The van der Waals surface area contributed by atoms with E-state index in [-0.39, 0.29) is 5.97 Å². The molecular weight excluding hydrogens is 392 g/mol. The van der Waals surface area contributed by atoms with Crippen molar-refractivity contribution in [3.8, 4) is 17.6 Å². The lowest BCUT2D eigenvalue weighted by Crippen LogP contribution is -2.19. The van der Waals surface area contributed by atoms with Crippen molar-refractivity contribution >= 4 is 5.97 Å². The van der Waals surface area contributed by atoms with Gasteiger partial charge in [0, 0.05) is 13.1 Å². The van der Waals surface area contributed by atoms with Gasteiger partial charge in [-0.25, -0.2) is 4.79 Å². The molecular formula is C25H24N2O4. The monoisotopic (exact) mass is 416 g/mol. The van der Waals surface area contributed by atoms with Crippen LogP contribution in [0.5, 0.6) is 11.5 Å². The molecule has 6 heteroatoms. The zero-order chi connectivity index (χ0) is 21.9. The summed E-state index contributed by atoms with van der Waals surface area (Å²) < 4.78 is 16.2. The van der Waals surface area contributed by atoms with Gasteiger partial charge >= 0.3 is 5.97 Å². The van der Waals surface area contributed by atoms with Gasteiger partial charge in [-0.15, -0.1) is 0 Å². The summed E-state index contributed by atoms with van der Waals surface area (Å²) in [6.07, 6.45) is 0. The zero-order valence-electron chi connectivity index (χ0n) is 17.3. The van der Waals surface area contributed by atoms with Gasteiger partial charge in [-0.1, -0.05) is 24.3 Å². The molecule has 0 spiro atoms. The molecule has 0 amide bonds. The fourth-order valence-electron chi connectivity index (χ4n) is 2.83. The van der Waals surface area contributed by atoms with Crippen LogP contribution in [0.25, 0.3) is 0 Å². The summed E-state index contributed by atoms with van der Waals surface area (Å²) in [5, 5.41) is 12.1. The van der Waals surface area contributed by atoms with E-state index in [1.807, 2.05) is 36.4 Å². The molecule has 3 aromatic rings. The highest BCUT2D eigenvalue weighted by atomic mass is 16.5. The molecule has 0 atom stereocenters. The Hall–Kier alpha value is -3.66. The number of nitrogens with zero attached hydrogens (tertiary/aromatic N) is 1. The van der Waals surface area contributed by atoms with Crippen LogP contribution in [0.1, 0.15) is 27.0 Å². The zero-order valence-corrected chi connectivity index (χ0v) is 17.3. The van der Waals surface area contributed by atoms with Gasteiger partial charge in [0.15, 0.2) is 0 Å². The number of ether oxygens (including phenoxy) is 3. The van der Waals surface area contributed by atoms with Crippen molar-refractivity contribution in [2.75, 3.05) is 20.3 Å². The summed E-state index contributed by atoms with van der Waals surface area (Å²) in [5.74, 6) is 1.09. The van der Waals surface area contributed by atoms with E-state index >= 15 is 0 Å². The number of hydrogen-bond donors (Lipinski definition) is 1. The highest BCUT2D eigenvalue weighted by Gasteiger charge is 2.04. The quantitative estimate of drug-likeness (QED) is 0.389. The fourth-order valence-corrected chi connectivity index (χ4v) is 2.83. The molecule has 0 saturated carbocycles. The molecule has 0 aliphatic rings. The molecule has 0 radical (unpaired) electrons. The lowest BCUT2D eigenvalue weighted by atomic mass is 10.1. The number of rotatable bonds is 10. The normalized spacial score (nSPS) is 10.3. The van der Waals surface area contributed by atoms with Crippen LogP contribution < -0.4 is 10.1 Å². The third-order valence-electron chi connectivity index (χ3n) is 4.54. The Kier molecular flexibility index (Phi) is 8.18. The Morgan fingerprint density at radius 2 is 1.52 bits per heavy atom. The van der Waals surface area contributed by atoms with E-state index in [0.29, 0.717) is 36.6 Å². The van der Waals surface area contributed by atoms with E-state index < -0.39 is 0 Å². The van der Waals surface area contributed by atoms with E-state index in [4.69, 9.17) is 19.5 Å². The van der Waals surface area contributed by atoms with E-state index in [9.17, 15) is 4.79 Å². The molecule has 0 heterocycles. The number of carbonyl (C=O) groups excluding carboxylic acids is 1. The van der Waals surface area contributed by atoms with Crippen LogP contribution in [0, 0.1) is 11.3 Å². The molecule has 0 unspecified atom stereocenters. The minimum Gasteiger partial charge on any atom is -0.465 e. The van der Waals surface area contributed by atoms with E-state index in [0.717, 1.165) is 23.4 Å². The highest BCUT2D eigenvalue weighted by Crippen LogP contribution is 2.22.